The summed E-state index contributed by atoms with van der Waals surface area (Å²) < 4.78 is 13.9. The minimum atomic E-state index is -0.626. The zero-order valence-corrected chi connectivity index (χ0v) is 12.3. The molecule has 3 rings (SSSR count). The molecule has 0 radical (unpaired) electrons. The van der Waals surface area contributed by atoms with Crippen molar-refractivity contribution in [3.8, 4) is 5.75 Å². The van der Waals surface area contributed by atoms with Gasteiger partial charge >= 0.3 is 5.63 Å². The number of rotatable bonds is 4. The number of Topliss-reactive ketones (excluding diaryl/α,β-unsaturated/α-hetero) is 1. The fourth-order valence-corrected chi connectivity index (χ4v) is 2.27. The van der Waals surface area contributed by atoms with Gasteiger partial charge in [0, 0.05) is 5.39 Å². The summed E-state index contributed by atoms with van der Waals surface area (Å²) in [5, 5.41) is 0.653. The number of carbonyl (C=O) groups is 1. The molecule has 0 bridgehead atoms. The average molecular weight is 299 g/mol. The van der Waals surface area contributed by atoms with Crippen molar-refractivity contribution in [3.05, 3.63) is 59.0 Å². The minimum absolute atomic E-state index is 0.0390. The SMILES string of the molecule is COc1ccc2oc(=O)c(C(=O)Cn3cc[n+](C)c3)cc2c1. The fourth-order valence-electron chi connectivity index (χ4n) is 2.27. The number of aryl methyl sites for hydroxylation is 1. The lowest BCUT2D eigenvalue weighted by Gasteiger charge is -2.03. The molecule has 0 fully saturated rings. The maximum atomic E-state index is 12.3. The third kappa shape index (κ3) is 2.63. The summed E-state index contributed by atoms with van der Waals surface area (Å²) in [5.41, 5.74) is -0.161. The van der Waals surface area contributed by atoms with Crippen LogP contribution in [0.4, 0.5) is 0 Å². The van der Waals surface area contributed by atoms with Gasteiger partial charge in [-0.05, 0) is 24.3 Å². The van der Waals surface area contributed by atoms with Crippen LogP contribution in [-0.4, -0.2) is 17.5 Å². The first-order chi connectivity index (χ1) is 10.6. The highest BCUT2D eigenvalue weighted by atomic mass is 16.5. The van der Waals surface area contributed by atoms with E-state index in [1.807, 2.05) is 17.8 Å². The Hall–Kier alpha value is -2.89. The molecular formula is C16H15N2O4+. The maximum Gasteiger partial charge on any atom is 0.347 e. The molecule has 0 aliphatic heterocycles. The van der Waals surface area contributed by atoms with Gasteiger partial charge in [-0.2, -0.15) is 0 Å². The van der Waals surface area contributed by atoms with Gasteiger partial charge in [-0.15, -0.1) is 0 Å². The van der Waals surface area contributed by atoms with E-state index in [9.17, 15) is 9.59 Å². The zero-order chi connectivity index (χ0) is 15.7. The van der Waals surface area contributed by atoms with E-state index in [4.69, 9.17) is 9.15 Å². The summed E-state index contributed by atoms with van der Waals surface area (Å²) >= 11 is 0. The van der Waals surface area contributed by atoms with Crippen LogP contribution in [0.2, 0.25) is 0 Å². The second-order valence-electron chi connectivity index (χ2n) is 5.03. The second-order valence-corrected chi connectivity index (χ2v) is 5.03. The van der Waals surface area contributed by atoms with Gasteiger partial charge in [0.05, 0.1) is 14.2 Å². The van der Waals surface area contributed by atoms with Crippen LogP contribution in [0.5, 0.6) is 5.75 Å². The summed E-state index contributed by atoms with van der Waals surface area (Å²) in [7, 11) is 3.41. The predicted molar refractivity (Wildman–Crippen MR) is 79.0 cm³/mol. The molecule has 0 atom stereocenters. The molecule has 0 aliphatic rings. The molecule has 2 heterocycles. The zero-order valence-electron chi connectivity index (χ0n) is 12.3. The van der Waals surface area contributed by atoms with Crippen LogP contribution >= 0.6 is 0 Å². The maximum absolute atomic E-state index is 12.3. The van der Waals surface area contributed by atoms with E-state index >= 15 is 0 Å². The number of hydrogen-bond acceptors (Lipinski definition) is 4. The van der Waals surface area contributed by atoms with Gasteiger partial charge in [-0.1, -0.05) is 0 Å². The monoisotopic (exact) mass is 299 g/mol. The molecule has 112 valence electrons. The van der Waals surface area contributed by atoms with Crippen LogP contribution in [-0.2, 0) is 13.6 Å². The molecule has 3 aromatic rings. The summed E-state index contributed by atoms with van der Waals surface area (Å²) in [5.74, 6) is 0.340. The molecule has 22 heavy (non-hydrogen) atoms. The standard InChI is InChI=1S/C16H15N2O4/c1-17-5-6-18(10-17)9-14(19)13-8-11-7-12(21-2)3-4-15(11)22-16(13)20/h3-8,10H,9H2,1-2H3/q+1. The molecular weight excluding hydrogens is 284 g/mol. The third-order valence-electron chi connectivity index (χ3n) is 3.39. The van der Waals surface area contributed by atoms with E-state index < -0.39 is 5.63 Å². The summed E-state index contributed by atoms with van der Waals surface area (Å²) in [6, 6.07) is 6.63. The number of hydrogen-bond donors (Lipinski definition) is 0. The molecule has 0 saturated heterocycles. The molecule has 6 nitrogen and oxygen atoms in total. The Balaban J connectivity index is 2.00. The molecule has 2 aromatic heterocycles. The van der Waals surface area contributed by atoms with Crippen molar-refractivity contribution in [1.82, 2.24) is 4.57 Å². The minimum Gasteiger partial charge on any atom is -0.497 e. The van der Waals surface area contributed by atoms with Gasteiger partial charge in [-0.25, -0.2) is 13.9 Å². The normalized spacial score (nSPS) is 10.8. The molecule has 0 aliphatic carbocycles. The number of fused-ring (bicyclic) bond motifs is 1. The van der Waals surface area contributed by atoms with Crippen LogP contribution < -0.4 is 14.9 Å². The largest absolute Gasteiger partial charge is 0.497 e. The molecule has 0 unspecified atom stereocenters. The number of aromatic nitrogens is 2. The number of nitrogens with zero attached hydrogens (tertiary/aromatic N) is 2. The topological polar surface area (TPSA) is 65.3 Å². The summed E-state index contributed by atoms with van der Waals surface area (Å²) in [6.45, 7) is 0.0844. The molecule has 0 saturated carbocycles. The first kappa shape index (κ1) is 14.1. The average Bonchev–Trinajstić information content (AvgIpc) is 2.91. The second kappa shape index (κ2) is 5.48. The highest BCUT2D eigenvalue weighted by Crippen LogP contribution is 2.20. The van der Waals surface area contributed by atoms with Gasteiger partial charge in [0.25, 0.3) is 0 Å². The smallest absolute Gasteiger partial charge is 0.347 e. The van der Waals surface area contributed by atoms with Crippen molar-refractivity contribution in [2.24, 2.45) is 7.05 Å². The Morgan fingerprint density at radius 2 is 2.18 bits per heavy atom. The fraction of sp³-hybridized carbons (Fsp3) is 0.188. The molecule has 1 aromatic carbocycles. The first-order valence-corrected chi connectivity index (χ1v) is 6.73. The van der Waals surface area contributed by atoms with Crippen LogP contribution in [0, 0.1) is 0 Å². The van der Waals surface area contributed by atoms with Gasteiger partial charge in [0.2, 0.25) is 12.1 Å². The van der Waals surface area contributed by atoms with Gasteiger partial charge < -0.3 is 9.15 Å². The number of carbonyl (C=O) groups excluding carboxylic acids is 1. The van der Waals surface area contributed by atoms with Crippen molar-refractivity contribution in [2.45, 2.75) is 6.54 Å². The van der Waals surface area contributed by atoms with E-state index in [-0.39, 0.29) is 17.9 Å². The van der Waals surface area contributed by atoms with Crippen LogP contribution in [0.15, 0.2) is 52.2 Å². The van der Waals surface area contributed by atoms with Crippen molar-refractivity contribution in [2.75, 3.05) is 7.11 Å². The van der Waals surface area contributed by atoms with E-state index in [0.29, 0.717) is 16.7 Å². The Bertz CT molecular complexity index is 908. The molecule has 0 spiro atoms. The Morgan fingerprint density at radius 3 is 2.86 bits per heavy atom. The van der Waals surface area contributed by atoms with Crippen LogP contribution in [0.1, 0.15) is 10.4 Å². The van der Waals surface area contributed by atoms with E-state index in [0.717, 1.165) is 0 Å². The molecule has 0 amide bonds. The van der Waals surface area contributed by atoms with Crippen molar-refractivity contribution >= 4 is 16.8 Å². The number of ketones is 1. The highest BCUT2D eigenvalue weighted by molar-refractivity contribution is 5.98. The predicted octanol–water partition coefficient (Wildman–Crippen LogP) is 1.31. The summed E-state index contributed by atoms with van der Waals surface area (Å²) in [4.78, 5) is 24.3. The summed E-state index contributed by atoms with van der Waals surface area (Å²) in [6.07, 6.45) is 5.36. The Morgan fingerprint density at radius 1 is 1.36 bits per heavy atom. The quantitative estimate of drug-likeness (QED) is 0.414. The van der Waals surface area contributed by atoms with Crippen molar-refractivity contribution < 1.29 is 18.5 Å². The lowest BCUT2D eigenvalue weighted by Crippen LogP contribution is -2.25. The molecule has 0 N–H and O–H groups in total. The van der Waals surface area contributed by atoms with Gasteiger partial charge in [-0.3, -0.25) is 4.79 Å². The van der Waals surface area contributed by atoms with E-state index in [1.165, 1.54) is 0 Å². The lowest BCUT2D eigenvalue weighted by atomic mass is 10.1. The lowest BCUT2D eigenvalue weighted by molar-refractivity contribution is -0.671. The van der Waals surface area contributed by atoms with Crippen molar-refractivity contribution in [1.29, 1.82) is 0 Å². The Labute approximate surface area is 126 Å². The third-order valence-corrected chi connectivity index (χ3v) is 3.39. The van der Waals surface area contributed by atoms with Crippen LogP contribution in [0.25, 0.3) is 11.0 Å². The van der Waals surface area contributed by atoms with E-state index in [1.54, 1.807) is 48.5 Å². The number of ether oxygens (including phenoxy) is 1. The van der Waals surface area contributed by atoms with Crippen LogP contribution in [0.3, 0.4) is 0 Å². The first-order valence-electron chi connectivity index (χ1n) is 6.73. The van der Waals surface area contributed by atoms with Gasteiger partial charge in [0.15, 0.2) is 6.54 Å². The number of benzene rings is 1. The molecule has 6 heteroatoms. The van der Waals surface area contributed by atoms with E-state index in [2.05, 4.69) is 0 Å². The Kier molecular flexibility index (Phi) is 3.50. The van der Waals surface area contributed by atoms with Crippen molar-refractivity contribution in [3.63, 3.8) is 0 Å². The number of methoxy groups -OCH3 is 1. The van der Waals surface area contributed by atoms with Gasteiger partial charge in [0.1, 0.15) is 29.3 Å². The highest BCUT2D eigenvalue weighted by Gasteiger charge is 2.17. The number of imidazole rings is 1.